The number of aliphatic hydroxyl groups excluding tert-OH is 7. The van der Waals surface area contributed by atoms with Gasteiger partial charge in [0.25, 0.3) is 0 Å². The molecule has 1 saturated heterocycles. The van der Waals surface area contributed by atoms with E-state index in [0.717, 1.165) is 38.5 Å². The second-order valence-corrected chi connectivity index (χ2v) is 29.5. The molecule has 1 fully saturated rings. The number of hydrogen-bond acceptors (Lipinski definition) is 10. The Balaban J connectivity index is 2.12. The van der Waals surface area contributed by atoms with Crippen LogP contribution in [0.25, 0.3) is 0 Å². The molecule has 1 aliphatic rings. The van der Waals surface area contributed by atoms with E-state index in [1.807, 2.05) is 0 Å². The minimum Gasteiger partial charge on any atom is -0.394 e. The van der Waals surface area contributed by atoms with Crippen LogP contribution < -0.4 is 5.32 Å². The SMILES string of the molecule is CCCCCCCCCCCCCCCCCC/C=C\CCCCCCCCCCCCCCCCCCC(O)C(=O)NC(COC1OC(CO)C(O)C(O)C1O)C(O)C(O)CCC/C=C/CCCCCCCCCCCCCCCCCCCCCCCCCCCC. The van der Waals surface area contributed by atoms with Gasteiger partial charge in [0.05, 0.1) is 25.4 Å². The summed E-state index contributed by atoms with van der Waals surface area (Å²) < 4.78 is 11.2. The van der Waals surface area contributed by atoms with Crippen LogP contribution in [0.4, 0.5) is 0 Å². The normalized spacial score (nSPS) is 18.2. The van der Waals surface area contributed by atoms with E-state index < -0.39 is 74.2 Å². The Kier molecular flexibility index (Phi) is 68.8. The number of hydrogen-bond donors (Lipinski definition) is 8. The number of allylic oxidation sites excluding steroid dienone is 4. The second-order valence-electron chi connectivity index (χ2n) is 29.5. The lowest BCUT2D eigenvalue weighted by molar-refractivity contribution is -0.303. The topological polar surface area (TPSA) is 189 Å². The van der Waals surface area contributed by atoms with Crippen LogP contribution in [0.5, 0.6) is 0 Å². The molecule has 1 heterocycles. The van der Waals surface area contributed by atoms with Gasteiger partial charge < -0.3 is 50.5 Å². The van der Waals surface area contributed by atoms with E-state index in [4.69, 9.17) is 9.47 Å². The summed E-state index contributed by atoms with van der Waals surface area (Å²) in [6.45, 7) is 3.52. The highest BCUT2D eigenvalue weighted by Gasteiger charge is 2.44. The third-order valence-corrected chi connectivity index (χ3v) is 20.5. The first-order valence-electron chi connectivity index (χ1n) is 41.7. The summed E-state index contributed by atoms with van der Waals surface area (Å²) in [6, 6.07) is -1.19. The molecular weight excluding hydrogens is 1170 g/mol. The smallest absolute Gasteiger partial charge is 0.249 e. The van der Waals surface area contributed by atoms with E-state index in [2.05, 4.69) is 43.5 Å². The highest BCUT2D eigenvalue weighted by molar-refractivity contribution is 5.80. The predicted molar refractivity (Wildman–Crippen MR) is 399 cm³/mol. The van der Waals surface area contributed by atoms with Crippen LogP contribution in [0, 0.1) is 0 Å². The third kappa shape index (κ3) is 57.4. The summed E-state index contributed by atoms with van der Waals surface area (Å²) in [5.74, 6) is -0.698. The monoisotopic (exact) mass is 1330 g/mol. The van der Waals surface area contributed by atoms with Crippen molar-refractivity contribution in [3.8, 4) is 0 Å². The van der Waals surface area contributed by atoms with Crippen molar-refractivity contribution in [1.29, 1.82) is 0 Å². The zero-order valence-electron chi connectivity index (χ0n) is 62.2. The molecule has 0 aromatic heterocycles. The van der Waals surface area contributed by atoms with Crippen molar-refractivity contribution in [2.75, 3.05) is 13.2 Å². The fraction of sp³-hybridized carbons (Fsp3) is 0.940. The number of aliphatic hydroxyl groups is 7. The van der Waals surface area contributed by atoms with E-state index >= 15 is 0 Å². The zero-order valence-corrected chi connectivity index (χ0v) is 62.2. The van der Waals surface area contributed by atoms with Gasteiger partial charge in [0.1, 0.15) is 36.6 Å². The van der Waals surface area contributed by atoms with Gasteiger partial charge in [-0.25, -0.2) is 0 Å². The van der Waals surface area contributed by atoms with E-state index in [-0.39, 0.29) is 12.8 Å². The number of ether oxygens (including phenoxy) is 2. The van der Waals surface area contributed by atoms with E-state index in [1.54, 1.807) is 0 Å². The number of carbonyl (C=O) groups excluding carboxylic acids is 1. The van der Waals surface area contributed by atoms with Gasteiger partial charge in [-0.15, -0.1) is 0 Å². The van der Waals surface area contributed by atoms with E-state index in [1.165, 1.54) is 353 Å². The Hall–Kier alpha value is -1.41. The van der Waals surface area contributed by atoms with Crippen molar-refractivity contribution in [2.24, 2.45) is 0 Å². The van der Waals surface area contributed by atoms with Crippen molar-refractivity contribution in [1.82, 2.24) is 5.32 Å². The first-order valence-corrected chi connectivity index (χ1v) is 41.7. The fourth-order valence-electron chi connectivity index (χ4n) is 13.9. The Labute approximate surface area is 582 Å². The Morgan fingerprint density at radius 2 is 0.628 bits per heavy atom. The van der Waals surface area contributed by atoms with Gasteiger partial charge in [-0.3, -0.25) is 4.79 Å². The number of nitrogens with one attached hydrogen (secondary N) is 1. The van der Waals surface area contributed by atoms with Crippen LogP contribution in [0.1, 0.15) is 431 Å². The number of rotatable bonds is 75. The largest absolute Gasteiger partial charge is 0.394 e. The Morgan fingerprint density at radius 3 is 0.915 bits per heavy atom. The molecule has 1 aliphatic heterocycles. The lowest BCUT2D eigenvalue weighted by Gasteiger charge is -2.40. The maximum absolute atomic E-state index is 13.3. The van der Waals surface area contributed by atoms with Crippen LogP contribution in [0.3, 0.4) is 0 Å². The maximum Gasteiger partial charge on any atom is 0.249 e. The van der Waals surface area contributed by atoms with Crippen molar-refractivity contribution < 1.29 is 50.0 Å². The van der Waals surface area contributed by atoms with Gasteiger partial charge in [0, 0.05) is 0 Å². The molecule has 9 unspecified atom stereocenters. The highest BCUT2D eigenvalue weighted by Crippen LogP contribution is 2.25. The molecule has 0 saturated carbocycles. The van der Waals surface area contributed by atoms with Crippen molar-refractivity contribution in [3.63, 3.8) is 0 Å². The van der Waals surface area contributed by atoms with E-state index in [0.29, 0.717) is 12.8 Å². The molecule has 1 amide bonds. The molecule has 1 rings (SSSR count). The minimum atomic E-state index is -1.67. The van der Waals surface area contributed by atoms with Gasteiger partial charge >= 0.3 is 0 Å². The summed E-state index contributed by atoms with van der Waals surface area (Å²) in [5, 5.41) is 76.8. The van der Waals surface area contributed by atoms with Gasteiger partial charge in [-0.2, -0.15) is 0 Å². The van der Waals surface area contributed by atoms with E-state index in [9.17, 15) is 40.5 Å². The second kappa shape index (κ2) is 71.4. The first-order chi connectivity index (χ1) is 46.2. The summed E-state index contributed by atoms with van der Waals surface area (Å²) in [4.78, 5) is 13.3. The van der Waals surface area contributed by atoms with Crippen molar-refractivity contribution >= 4 is 5.91 Å². The molecule has 9 atom stereocenters. The summed E-state index contributed by atoms with van der Waals surface area (Å²) >= 11 is 0. The highest BCUT2D eigenvalue weighted by atomic mass is 16.7. The molecule has 94 heavy (non-hydrogen) atoms. The van der Waals surface area contributed by atoms with Crippen LogP contribution in [0.15, 0.2) is 24.3 Å². The van der Waals surface area contributed by atoms with Gasteiger partial charge in [0.2, 0.25) is 5.91 Å². The molecule has 0 bridgehead atoms. The summed E-state index contributed by atoms with van der Waals surface area (Å²) in [5.41, 5.74) is 0. The summed E-state index contributed by atoms with van der Waals surface area (Å²) in [6.07, 6.45) is 81.8. The molecule has 558 valence electrons. The molecule has 11 heteroatoms. The fourth-order valence-corrected chi connectivity index (χ4v) is 13.9. The number of unbranched alkanes of at least 4 members (excludes halogenated alkanes) is 59. The number of amides is 1. The average molecular weight is 1330 g/mol. The van der Waals surface area contributed by atoms with Gasteiger partial charge in [0.15, 0.2) is 6.29 Å². The summed E-state index contributed by atoms with van der Waals surface area (Å²) in [7, 11) is 0. The van der Waals surface area contributed by atoms with Crippen molar-refractivity contribution in [3.05, 3.63) is 24.3 Å². The van der Waals surface area contributed by atoms with Gasteiger partial charge in [-0.1, -0.05) is 391 Å². The van der Waals surface area contributed by atoms with Crippen molar-refractivity contribution in [2.45, 2.75) is 486 Å². The van der Waals surface area contributed by atoms with Crippen LogP contribution in [0.2, 0.25) is 0 Å². The third-order valence-electron chi connectivity index (χ3n) is 20.5. The molecule has 0 aromatic rings. The molecule has 11 nitrogen and oxygen atoms in total. The van der Waals surface area contributed by atoms with Crippen LogP contribution in [-0.4, -0.2) is 110 Å². The lowest BCUT2D eigenvalue weighted by atomic mass is 9.98. The maximum atomic E-state index is 13.3. The molecular formula is C83H161NO10. The minimum absolute atomic E-state index is 0.258. The standard InChI is InChI=1S/C83H161NO10/c1-3-5-7-9-11-13-15-17-19-21-23-25-27-29-31-33-35-36-37-38-39-41-43-45-47-49-51-53-55-57-59-61-63-65-67-69-71-76(87)82(92)84-74(73-93-83-81(91)80(90)79(89)77(72-85)94-83)78(88)75(86)70-68-66-64-62-60-58-56-54-52-50-48-46-44-42-40-34-32-30-28-26-24-22-20-18-16-14-12-10-8-6-4-2/h36-37,62,64,74-81,83,85-91H,3-35,38-61,63,65-73H2,1-2H3,(H,84,92)/b37-36-,64-62+. The first kappa shape index (κ1) is 90.6. The molecule has 0 radical (unpaired) electrons. The zero-order chi connectivity index (χ0) is 68.1. The van der Waals surface area contributed by atoms with Gasteiger partial charge in [-0.05, 0) is 64.2 Å². The Bertz CT molecular complexity index is 1580. The van der Waals surface area contributed by atoms with Crippen LogP contribution >= 0.6 is 0 Å². The quantitative estimate of drug-likeness (QED) is 0.0215. The average Bonchev–Trinajstić information content (AvgIpc) is 0.901. The number of carbonyl (C=O) groups is 1. The molecule has 0 aromatic carbocycles. The lowest BCUT2D eigenvalue weighted by Crippen LogP contribution is -2.60. The van der Waals surface area contributed by atoms with Crippen LogP contribution in [-0.2, 0) is 14.3 Å². The molecule has 0 aliphatic carbocycles. The molecule has 0 spiro atoms. The molecule has 8 N–H and O–H groups in total. The Morgan fingerprint density at radius 1 is 0.362 bits per heavy atom. The predicted octanol–water partition coefficient (Wildman–Crippen LogP) is 21.9.